The Labute approximate surface area is 189 Å². The van der Waals surface area contributed by atoms with Gasteiger partial charge < -0.3 is 19.7 Å². The van der Waals surface area contributed by atoms with Gasteiger partial charge in [-0.3, -0.25) is 9.59 Å². The van der Waals surface area contributed by atoms with Crippen LogP contribution in [0, 0.1) is 6.92 Å². The van der Waals surface area contributed by atoms with E-state index in [4.69, 9.17) is 21.1 Å². The first kappa shape index (κ1) is 24.5. The molecule has 2 aromatic rings. The number of nitrogens with one attached hydrogen (secondary N) is 1. The predicted octanol–water partition coefficient (Wildman–Crippen LogP) is 4.37. The molecule has 0 spiro atoms. The minimum atomic E-state index is -0.637. The van der Waals surface area contributed by atoms with Crippen molar-refractivity contribution in [2.75, 3.05) is 20.3 Å². The second kappa shape index (κ2) is 12.2. The maximum Gasteiger partial charge on any atom is 0.261 e. The summed E-state index contributed by atoms with van der Waals surface area (Å²) < 4.78 is 10.9. The van der Waals surface area contributed by atoms with Gasteiger partial charge in [0, 0.05) is 18.1 Å². The first-order chi connectivity index (χ1) is 14.8. The van der Waals surface area contributed by atoms with Gasteiger partial charge >= 0.3 is 0 Å². The topological polar surface area (TPSA) is 67.9 Å². The summed E-state index contributed by atoms with van der Waals surface area (Å²) in [5.74, 6) is 0.826. The molecule has 0 fully saturated rings. The van der Waals surface area contributed by atoms with Crippen LogP contribution in [0.2, 0.25) is 5.02 Å². The summed E-state index contributed by atoms with van der Waals surface area (Å²) in [7, 11) is 1.60. The van der Waals surface area contributed by atoms with Crippen LogP contribution in [-0.2, 0) is 16.1 Å². The second-order valence-corrected chi connectivity index (χ2v) is 7.80. The van der Waals surface area contributed by atoms with Gasteiger partial charge in [-0.2, -0.15) is 0 Å². The Morgan fingerprint density at radius 1 is 1.13 bits per heavy atom. The number of amides is 2. The van der Waals surface area contributed by atoms with Gasteiger partial charge in [-0.15, -0.1) is 0 Å². The molecule has 1 N–H and O–H groups in total. The summed E-state index contributed by atoms with van der Waals surface area (Å²) in [4.78, 5) is 27.2. The summed E-state index contributed by atoms with van der Waals surface area (Å²) >= 11 is 6.05. The lowest BCUT2D eigenvalue weighted by Gasteiger charge is -2.29. The molecule has 2 amide bonds. The van der Waals surface area contributed by atoms with Gasteiger partial charge in [0.25, 0.3) is 5.91 Å². The Morgan fingerprint density at radius 2 is 1.81 bits per heavy atom. The maximum absolute atomic E-state index is 13.0. The molecule has 2 rings (SSSR count). The maximum atomic E-state index is 13.0. The third kappa shape index (κ3) is 7.47. The van der Waals surface area contributed by atoms with E-state index in [1.807, 2.05) is 31.2 Å². The van der Waals surface area contributed by atoms with Crippen molar-refractivity contribution < 1.29 is 19.1 Å². The molecule has 0 aliphatic heterocycles. The summed E-state index contributed by atoms with van der Waals surface area (Å²) in [6.07, 6.45) is 1.88. The van der Waals surface area contributed by atoms with E-state index in [1.54, 1.807) is 32.2 Å². The van der Waals surface area contributed by atoms with Crippen LogP contribution in [0.15, 0.2) is 42.5 Å². The van der Waals surface area contributed by atoms with E-state index in [-0.39, 0.29) is 25.0 Å². The fourth-order valence-electron chi connectivity index (χ4n) is 2.98. The summed E-state index contributed by atoms with van der Waals surface area (Å²) in [6, 6.07) is 12.0. The minimum absolute atomic E-state index is 0.177. The molecule has 2 aromatic carbocycles. The Balaban J connectivity index is 2.12. The highest BCUT2D eigenvalue weighted by Crippen LogP contribution is 2.21. The molecule has 0 radical (unpaired) electrons. The fraction of sp³-hybridized carbons (Fsp3) is 0.417. The average Bonchev–Trinajstić information content (AvgIpc) is 2.78. The standard InChI is InChI=1S/C24H31ClN2O4/c1-5-6-13-26-24(29)18(3)27(15-19-7-9-20(30-4)10-8-19)23(28)16-31-21-11-12-22(25)17(2)14-21/h7-12,14,18H,5-6,13,15-16H2,1-4H3,(H,26,29)/t18-/m1/s1. The number of benzene rings is 2. The number of rotatable bonds is 11. The van der Waals surface area contributed by atoms with Crippen LogP contribution < -0.4 is 14.8 Å². The molecular weight excluding hydrogens is 416 g/mol. The number of unbranched alkanes of at least 4 members (excludes halogenated alkanes) is 1. The molecule has 0 saturated carbocycles. The lowest BCUT2D eigenvalue weighted by atomic mass is 10.1. The van der Waals surface area contributed by atoms with E-state index in [2.05, 4.69) is 12.2 Å². The van der Waals surface area contributed by atoms with Crippen LogP contribution in [0.25, 0.3) is 0 Å². The van der Waals surface area contributed by atoms with E-state index < -0.39 is 6.04 Å². The van der Waals surface area contributed by atoms with Crippen LogP contribution in [0.3, 0.4) is 0 Å². The molecule has 0 aliphatic rings. The van der Waals surface area contributed by atoms with Crippen molar-refractivity contribution in [2.45, 2.75) is 46.2 Å². The predicted molar refractivity (Wildman–Crippen MR) is 123 cm³/mol. The number of aryl methyl sites for hydroxylation is 1. The molecule has 168 valence electrons. The quantitative estimate of drug-likeness (QED) is 0.520. The molecule has 1 atom stereocenters. The molecule has 0 saturated heterocycles. The molecule has 0 aromatic heterocycles. The highest BCUT2D eigenvalue weighted by atomic mass is 35.5. The van der Waals surface area contributed by atoms with Crippen LogP contribution in [0.5, 0.6) is 11.5 Å². The third-order valence-electron chi connectivity index (χ3n) is 5.00. The van der Waals surface area contributed by atoms with Crippen molar-refractivity contribution in [3.63, 3.8) is 0 Å². The number of hydrogen-bond donors (Lipinski definition) is 1. The van der Waals surface area contributed by atoms with Crippen molar-refractivity contribution >= 4 is 23.4 Å². The van der Waals surface area contributed by atoms with E-state index in [0.29, 0.717) is 17.3 Å². The van der Waals surface area contributed by atoms with Gasteiger partial charge in [0.1, 0.15) is 17.5 Å². The zero-order chi connectivity index (χ0) is 22.8. The number of methoxy groups -OCH3 is 1. The molecule has 0 bridgehead atoms. The molecule has 0 unspecified atom stereocenters. The Bertz CT molecular complexity index is 870. The Morgan fingerprint density at radius 3 is 2.42 bits per heavy atom. The number of hydrogen-bond acceptors (Lipinski definition) is 4. The number of ether oxygens (including phenoxy) is 2. The molecule has 6 nitrogen and oxygen atoms in total. The largest absolute Gasteiger partial charge is 0.497 e. The zero-order valence-corrected chi connectivity index (χ0v) is 19.4. The van der Waals surface area contributed by atoms with Crippen LogP contribution in [-0.4, -0.2) is 43.0 Å². The average molecular weight is 447 g/mol. The number of halogens is 1. The molecule has 7 heteroatoms. The molecule has 0 heterocycles. The van der Waals surface area contributed by atoms with Gasteiger partial charge in [0.2, 0.25) is 5.91 Å². The molecule has 31 heavy (non-hydrogen) atoms. The molecular formula is C24H31ClN2O4. The van der Waals surface area contributed by atoms with E-state index in [9.17, 15) is 9.59 Å². The third-order valence-corrected chi connectivity index (χ3v) is 5.42. The summed E-state index contributed by atoms with van der Waals surface area (Å²) in [6.45, 7) is 6.36. The first-order valence-electron chi connectivity index (χ1n) is 10.4. The van der Waals surface area contributed by atoms with E-state index in [0.717, 1.165) is 29.7 Å². The normalized spacial score (nSPS) is 11.5. The van der Waals surface area contributed by atoms with Crippen molar-refractivity contribution in [1.82, 2.24) is 10.2 Å². The van der Waals surface area contributed by atoms with Gasteiger partial charge in [-0.05, 0) is 61.7 Å². The van der Waals surface area contributed by atoms with Crippen LogP contribution in [0.1, 0.15) is 37.8 Å². The highest BCUT2D eigenvalue weighted by Gasteiger charge is 2.26. The number of nitrogens with zero attached hydrogens (tertiary/aromatic N) is 1. The van der Waals surface area contributed by atoms with Crippen LogP contribution >= 0.6 is 11.6 Å². The van der Waals surface area contributed by atoms with Crippen molar-refractivity contribution in [3.8, 4) is 11.5 Å². The first-order valence-corrected chi connectivity index (χ1v) is 10.8. The summed E-state index contributed by atoms with van der Waals surface area (Å²) in [5, 5.41) is 3.54. The van der Waals surface area contributed by atoms with E-state index >= 15 is 0 Å². The van der Waals surface area contributed by atoms with Crippen molar-refractivity contribution in [3.05, 3.63) is 58.6 Å². The van der Waals surface area contributed by atoms with Gasteiger partial charge in [-0.1, -0.05) is 37.1 Å². The Hall–Kier alpha value is -2.73. The van der Waals surface area contributed by atoms with Crippen LogP contribution in [0.4, 0.5) is 0 Å². The number of carbonyl (C=O) groups excluding carboxylic acids is 2. The van der Waals surface area contributed by atoms with Gasteiger partial charge in [-0.25, -0.2) is 0 Å². The van der Waals surface area contributed by atoms with Crippen molar-refractivity contribution in [1.29, 1.82) is 0 Å². The van der Waals surface area contributed by atoms with Crippen molar-refractivity contribution in [2.24, 2.45) is 0 Å². The zero-order valence-electron chi connectivity index (χ0n) is 18.6. The summed E-state index contributed by atoms with van der Waals surface area (Å²) in [5.41, 5.74) is 1.76. The smallest absolute Gasteiger partial charge is 0.261 e. The van der Waals surface area contributed by atoms with Gasteiger partial charge in [0.15, 0.2) is 6.61 Å². The molecule has 0 aliphatic carbocycles. The lowest BCUT2D eigenvalue weighted by Crippen LogP contribution is -2.49. The highest BCUT2D eigenvalue weighted by molar-refractivity contribution is 6.31. The van der Waals surface area contributed by atoms with E-state index in [1.165, 1.54) is 4.90 Å². The monoisotopic (exact) mass is 446 g/mol. The fourth-order valence-corrected chi connectivity index (χ4v) is 3.10. The Kier molecular flexibility index (Phi) is 9.66. The second-order valence-electron chi connectivity index (χ2n) is 7.39. The SMILES string of the molecule is CCCCNC(=O)[C@@H](C)N(Cc1ccc(OC)cc1)C(=O)COc1ccc(Cl)c(C)c1. The van der Waals surface area contributed by atoms with Gasteiger partial charge in [0.05, 0.1) is 7.11 Å². The lowest BCUT2D eigenvalue weighted by molar-refractivity contribution is -0.142. The number of carbonyl (C=O) groups is 2. The minimum Gasteiger partial charge on any atom is -0.497 e.